The van der Waals surface area contributed by atoms with Crippen molar-refractivity contribution < 1.29 is 32.2 Å². The van der Waals surface area contributed by atoms with E-state index >= 15 is 0 Å². The summed E-state index contributed by atoms with van der Waals surface area (Å²) in [6.07, 6.45) is 0.369. The summed E-state index contributed by atoms with van der Waals surface area (Å²) in [7, 11) is 0. The smallest absolute Gasteiger partial charge is 0.481 e. The highest BCUT2D eigenvalue weighted by Crippen LogP contribution is 2.33. The van der Waals surface area contributed by atoms with Crippen molar-refractivity contribution >= 4 is 23.3 Å². The van der Waals surface area contributed by atoms with Crippen LogP contribution >= 0.6 is 0 Å². The molecule has 0 spiro atoms. The highest BCUT2D eigenvalue weighted by molar-refractivity contribution is 6.10. The van der Waals surface area contributed by atoms with Gasteiger partial charge in [-0.1, -0.05) is 25.7 Å². The molecule has 2 aliphatic rings. The van der Waals surface area contributed by atoms with Crippen LogP contribution in [0.15, 0.2) is 42.6 Å². The number of pyridine rings is 1. The molecule has 1 fully saturated rings. The summed E-state index contributed by atoms with van der Waals surface area (Å²) < 4.78 is 47.0. The van der Waals surface area contributed by atoms with Crippen molar-refractivity contribution in [1.29, 1.82) is 0 Å². The lowest BCUT2D eigenvalue weighted by molar-refractivity contribution is -0.274. The molecule has 1 saturated carbocycles. The highest BCUT2D eigenvalue weighted by Gasteiger charge is 2.36. The molecule has 2 aromatic rings. The van der Waals surface area contributed by atoms with Crippen molar-refractivity contribution in [3.63, 3.8) is 0 Å². The Kier molecular flexibility index (Phi) is 6.20. The number of hydrogen-bond acceptors (Lipinski definition) is 5. The monoisotopic (exact) mass is 449 g/mol. The van der Waals surface area contributed by atoms with E-state index in [1.807, 2.05) is 0 Å². The number of alkyl halides is 3. The summed E-state index contributed by atoms with van der Waals surface area (Å²) >= 11 is 0. The van der Waals surface area contributed by atoms with Crippen LogP contribution in [0, 0.1) is 5.92 Å². The molecule has 4 rings (SSSR count). The number of carbonyl (C=O) groups is 2. The van der Waals surface area contributed by atoms with Crippen molar-refractivity contribution in [3.8, 4) is 11.5 Å². The summed E-state index contributed by atoms with van der Waals surface area (Å²) in [5.41, 5.74) is 0.436. The van der Waals surface area contributed by atoms with Crippen LogP contribution in [0.5, 0.6) is 11.5 Å². The number of ether oxygens (including phenoxy) is 2. The van der Waals surface area contributed by atoms with Crippen LogP contribution < -0.4 is 19.7 Å². The van der Waals surface area contributed by atoms with Crippen molar-refractivity contribution in [2.75, 3.05) is 16.8 Å². The maximum Gasteiger partial charge on any atom is 0.573 e. The van der Waals surface area contributed by atoms with Gasteiger partial charge in [-0.15, -0.1) is 13.2 Å². The van der Waals surface area contributed by atoms with Gasteiger partial charge in [0, 0.05) is 6.20 Å². The minimum Gasteiger partial charge on any atom is -0.481 e. The summed E-state index contributed by atoms with van der Waals surface area (Å²) in [5, 5.41) is 2.69. The second-order valence-corrected chi connectivity index (χ2v) is 7.86. The number of halogens is 3. The van der Waals surface area contributed by atoms with Crippen LogP contribution in [0.2, 0.25) is 0 Å². The molecule has 1 N–H and O–H groups in total. The van der Waals surface area contributed by atoms with Crippen LogP contribution in [0.4, 0.5) is 24.7 Å². The molecule has 1 aromatic heterocycles. The number of fused-ring (bicyclic) bond motifs is 1. The molecule has 0 saturated heterocycles. The maximum absolute atomic E-state index is 13.5. The number of anilines is 2. The normalized spacial score (nSPS) is 17.5. The Balaban J connectivity index is 1.55. The maximum atomic E-state index is 13.5. The fraction of sp³-hybridized carbons (Fsp3) is 0.409. The van der Waals surface area contributed by atoms with Crippen LogP contribution in [-0.2, 0) is 9.59 Å². The molecule has 1 aromatic carbocycles. The van der Waals surface area contributed by atoms with Gasteiger partial charge in [-0.25, -0.2) is 4.98 Å². The average Bonchev–Trinajstić information content (AvgIpc) is 3.25. The predicted molar refractivity (Wildman–Crippen MR) is 109 cm³/mol. The lowest BCUT2D eigenvalue weighted by atomic mass is 9.99. The fourth-order valence-electron chi connectivity index (χ4n) is 4.11. The number of benzene rings is 1. The number of aromatic nitrogens is 1. The number of nitrogens with zero attached hydrogens (tertiary/aromatic N) is 2. The Morgan fingerprint density at radius 2 is 1.84 bits per heavy atom. The summed E-state index contributed by atoms with van der Waals surface area (Å²) in [6.45, 7) is -0.189. The van der Waals surface area contributed by atoms with E-state index in [1.54, 1.807) is 12.1 Å². The van der Waals surface area contributed by atoms with E-state index in [9.17, 15) is 22.8 Å². The van der Waals surface area contributed by atoms with Gasteiger partial charge in [-0.2, -0.15) is 0 Å². The zero-order valence-corrected chi connectivity index (χ0v) is 17.1. The first kappa shape index (κ1) is 21.9. The van der Waals surface area contributed by atoms with Gasteiger partial charge < -0.3 is 14.8 Å². The van der Waals surface area contributed by atoms with Crippen LogP contribution in [0.25, 0.3) is 0 Å². The topological polar surface area (TPSA) is 80.8 Å². The molecule has 1 atom stereocenters. The molecule has 170 valence electrons. The largest absolute Gasteiger partial charge is 0.573 e. The van der Waals surface area contributed by atoms with Gasteiger partial charge in [0.2, 0.25) is 5.91 Å². The molecule has 2 amide bonds. The molecule has 32 heavy (non-hydrogen) atoms. The van der Waals surface area contributed by atoms with Gasteiger partial charge in [0.25, 0.3) is 5.91 Å². The minimum atomic E-state index is -4.79. The molecule has 2 heterocycles. The van der Waals surface area contributed by atoms with Crippen LogP contribution in [-0.4, -0.2) is 35.8 Å². The predicted octanol–water partition coefficient (Wildman–Crippen LogP) is 4.29. The van der Waals surface area contributed by atoms with Gasteiger partial charge in [0.05, 0.1) is 5.69 Å². The van der Waals surface area contributed by atoms with E-state index in [-0.39, 0.29) is 24.0 Å². The molecule has 0 bridgehead atoms. The first-order valence-electron chi connectivity index (χ1n) is 10.4. The number of carbonyl (C=O) groups excluding carboxylic acids is 2. The van der Waals surface area contributed by atoms with Crippen molar-refractivity contribution in [2.45, 2.75) is 44.6 Å². The Labute approximate surface area is 182 Å². The molecule has 1 aliphatic heterocycles. The number of amides is 2. The van der Waals surface area contributed by atoms with E-state index in [0.717, 1.165) is 37.8 Å². The van der Waals surface area contributed by atoms with Gasteiger partial charge in [-0.05, 0) is 48.7 Å². The number of rotatable bonds is 6. The molecule has 7 nitrogen and oxygen atoms in total. The Morgan fingerprint density at radius 1 is 1.16 bits per heavy atom. The van der Waals surface area contributed by atoms with Crippen molar-refractivity contribution in [2.24, 2.45) is 5.92 Å². The van der Waals surface area contributed by atoms with Crippen molar-refractivity contribution in [1.82, 2.24) is 4.98 Å². The average molecular weight is 449 g/mol. The van der Waals surface area contributed by atoms with E-state index in [1.165, 1.54) is 23.2 Å². The Morgan fingerprint density at radius 3 is 2.53 bits per heavy atom. The first-order chi connectivity index (χ1) is 15.3. The molecular formula is C22H22F3N3O4. The molecule has 1 aliphatic carbocycles. The third kappa shape index (κ3) is 5.30. The van der Waals surface area contributed by atoms with E-state index < -0.39 is 18.4 Å². The van der Waals surface area contributed by atoms with E-state index in [0.29, 0.717) is 23.8 Å². The first-order valence-corrected chi connectivity index (χ1v) is 10.4. The van der Waals surface area contributed by atoms with Gasteiger partial charge >= 0.3 is 6.36 Å². The molecule has 1 unspecified atom stereocenters. The van der Waals surface area contributed by atoms with Gasteiger partial charge in [0.15, 0.2) is 11.9 Å². The number of hydrogen-bond donors (Lipinski definition) is 1. The van der Waals surface area contributed by atoms with Gasteiger partial charge in [0.1, 0.15) is 18.0 Å². The second-order valence-electron chi connectivity index (χ2n) is 7.86. The standard InChI is InChI=1S/C22H22F3N3O4/c23-22(24,25)32-16-9-7-15(8-10-16)31-18(12-14-4-1-2-5-14)21(30)28-13-19(29)27-17-6-3-11-26-20(17)28/h3,6-11,14,18H,1-2,4-5,12-13H2,(H,27,29). The van der Waals surface area contributed by atoms with Gasteiger partial charge in [-0.3, -0.25) is 14.5 Å². The second kappa shape index (κ2) is 9.05. The third-order valence-corrected chi connectivity index (χ3v) is 5.52. The minimum absolute atomic E-state index is 0.189. The SMILES string of the molecule is O=C1CN(C(=O)C(CC2CCCC2)Oc2ccc(OC(F)(F)F)cc2)c2ncccc2N1. The lowest BCUT2D eigenvalue weighted by Crippen LogP contribution is -2.49. The number of nitrogens with one attached hydrogen (secondary N) is 1. The van der Waals surface area contributed by atoms with Crippen LogP contribution in [0.1, 0.15) is 32.1 Å². The molecule has 0 radical (unpaired) electrons. The Bertz CT molecular complexity index is 975. The zero-order chi connectivity index (χ0) is 22.7. The molecular weight excluding hydrogens is 427 g/mol. The lowest BCUT2D eigenvalue weighted by Gasteiger charge is -2.31. The fourth-order valence-corrected chi connectivity index (χ4v) is 4.11. The van der Waals surface area contributed by atoms with Crippen LogP contribution in [0.3, 0.4) is 0 Å². The van der Waals surface area contributed by atoms with E-state index in [2.05, 4.69) is 15.0 Å². The quantitative estimate of drug-likeness (QED) is 0.712. The van der Waals surface area contributed by atoms with E-state index in [4.69, 9.17) is 4.74 Å². The summed E-state index contributed by atoms with van der Waals surface area (Å²) in [5.74, 6) is -0.271. The van der Waals surface area contributed by atoms with Crippen molar-refractivity contribution in [3.05, 3.63) is 42.6 Å². The summed E-state index contributed by atoms with van der Waals surface area (Å²) in [4.78, 5) is 31.1. The highest BCUT2D eigenvalue weighted by atomic mass is 19.4. The Hall–Kier alpha value is -3.30. The summed E-state index contributed by atoms with van der Waals surface area (Å²) in [6, 6.07) is 8.22. The zero-order valence-electron chi connectivity index (χ0n) is 17.1. The molecule has 10 heteroatoms. The third-order valence-electron chi connectivity index (χ3n) is 5.52.